The Hall–Kier alpha value is -2.65. The zero-order valence-corrected chi connectivity index (χ0v) is 12.9. The fourth-order valence-electron chi connectivity index (χ4n) is 3.15. The predicted molar refractivity (Wildman–Crippen MR) is 87.3 cm³/mol. The maximum Gasteiger partial charge on any atom is 0.317 e. The number of rotatable bonds is 3. The van der Waals surface area contributed by atoms with Gasteiger partial charge in [-0.3, -0.25) is 14.7 Å². The summed E-state index contributed by atoms with van der Waals surface area (Å²) in [6, 6.07) is 9.95. The maximum atomic E-state index is 10.9. The van der Waals surface area contributed by atoms with E-state index in [1.807, 2.05) is 30.0 Å². The van der Waals surface area contributed by atoms with E-state index in [0.29, 0.717) is 17.6 Å². The number of carbonyl (C=O) groups is 1. The van der Waals surface area contributed by atoms with Crippen LogP contribution >= 0.6 is 0 Å². The van der Waals surface area contributed by atoms with E-state index in [2.05, 4.69) is 16.0 Å². The second-order valence-corrected chi connectivity index (χ2v) is 5.80. The Morgan fingerprint density at radius 3 is 2.96 bits per heavy atom. The lowest BCUT2D eigenvalue weighted by atomic mass is 10.1. The van der Waals surface area contributed by atoms with Gasteiger partial charge >= 0.3 is 5.97 Å². The van der Waals surface area contributed by atoms with E-state index >= 15 is 0 Å². The molecule has 1 atom stereocenters. The van der Waals surface area contributed by atoms with E-state index in [9.17, 15) is 10.1 Å². The molecule has 1 aliphatic rings. The van der Waals surface area contributed by atoms with E-state index in [1.54, 1.807) is 12.3 Å². The summed E-state index contributed by atoms with van der Waals surface area (Å²) in [7, 11) is 0. The highest BCUT2D eigenvalue weighted by atomic mass is 16.4. The summed E-state index contributed by atoms with van der Waals surface area (Å²) in [5, 5.41) is 19.2. The Morgan fingerprint density at radius 1 is 1.43 bits per heavy atom. The van der Waals surface area contributed by atoms with E-state index in [4.69, 9.17) is 5.11 Å². The summed E-state index contributed by atoms with van der Waals surface area (Å²) in [6.45, 7) is 4.33. The van der Waals surface area contributed by atoms with Gasteiger partial charge in [0.25, 0.3) is 0 Å². The van der Waals surface area contributed by atoms with Gasteiger partial charge in [0, 0.05) is 42.9 Å². The number of benzene rings is 1. The van der Waals surface area contributed by atoms with Crippen molar-refractivity contribution in [1.29, 1.82) is 5.26 Å². The lowest BCUT2D eigenvalue weighted by Crippen LogP contribution is -2.53. The molecule has 1 aromatic heterocycles. The van der Waals surface area contributed by atoms with Crippen molar-refractivity contribution in [3.63, 3.8) is 0 Å². The third kappa shape index (κ3) is 2.96. The molecule has 0 unspecified atom stereocenters. The number of hydrogen-bond donors (Lipinski definition) is 1. The first-order chi connectivity index (χ1) is 11.1. The van der Waals surface area contributed by atoms with Crippen LogP contribution < -0.4 is 4.90 Å². The molecule has 6 nitrogen and oxygen atoms in total. The first-order valence-corrected chi connectivity index (χ1v) is 7.59. The van der Waals surface area contributed by atoms with E-state index in [0.717, 1.165) is 24.2 Å². The van der Waals surface area contributed by atoms with Crippen LogP contribution in [0.1, 0.15) is 12.5 Å². The second-order valence-electron chi connectivity index (χ2n) is 5.80. The molecule has 1 aliphatic heterocycles. The summed E-state index contributed by atoms with van der Waals surface area (Å²) in [5.74, 6) is -0.793. The molecular weight excluding hydrogens is 292 g/mol. The van der Waals surface area contributed by atoms with Crippen LogP contribution in [0, 0.1) is 11.3 Å². The molecule has 0 saturated carbocycles. The monoisotopic (exact) mass is 310 g/mol. The molecule has 2 aromatic rings. The highest BCUT2D eigenvalue weighted by Gasteiger charge is 2.26. The standard InChI is InChI=1S/C17H18N4O2/c1-12-10-21(8-7-20(12)11-16(22)23)15-5-4-13(9-18)17-14(15)3-2-6-19-17/h2-6,12H,7-8,10-11H2,1H3,(H,22,23)/t12-/m0/s1. The minimum absolute atomic E-state index is 0.0741. The van der Waals surface area contributed by atoms with Gasteiger partial charge in [0.05, 0.1) is 17.6 Å². The van der Waals surface area contributed by atoms with Crippen molar-refractivity contribution in [1.82, 2.24) is 9.88 Å². The second kappa shape index (κ2) is 6.23. The fraction of sp³-hybridized carbons (Fsp3) is 0.353. The van der Waals surface area contributed by atoms with Gasteiger partial charge in [-0.2, -0.15) is 5.26 Å². The average Bonchev–Trinajstić information content (AvgIpc) is 2.55. The Balaban J connectivity index is 1.91. The molecule has 0 spiro atoms. The Labute approximate surface area is 134 Å². The first kappa shape index (κ1) is 15.3. The number of carboxylic acids is 1. The average molecular weight is 310 g/mol. The zero-order valence-electron chi connectivity index (χ0n) is 12.9. The zero-order chi connectivity index (χ0) is 16.4. The Morgan fingerprint density at radius 2 is 2.26 bits per heavy atom. The van der Waals surface area contributed by atoms with Gasteiger partial charge in [-0.1, -0.05) is 0 Å². The first-order valence-electron chi connectivity index (χ1n) is 7.59. The molecule has 1 fully saturated rings. The molecule has 2 heterocycles. The molecular formula is C17H18N4O2. The van der Waals surface area contributed by atoms with Crippen LogP contribution in [-0.4, -0.2) is 53.2 Å². The van der Waals surface area contributed by atoms with Crippen LogP contribution in [-0.2, 0) is 4.79 Å². The lowest BCUT2D eigenvalue weighted by Gasteiger charge is -2.40. The van der Waals surface area contributed by atoms with Crippen molar-refractivity contribution in [3.8, 4) is 6.07 Å². The lowest BCUT2D eigenvalue weighted by molar-refractivity contribution is -0.138. The number of anilines is 1. The number of pyridine rings is 1. The molecule has 1 N–H and O–H groups in total. The van der Waals surface area contributed by atoms with Gasteiger partial charge in [-0.25, -0.2) is 0 Å². The molecule has 23 heavy (non-hydrogen) atoms. The third-order valence-corrected chi connectivity index (χ3v) is 4.31. The molecule has 0 radical (unpaired) electrons. The van der Waals surface area contributed by atoms with Crippen molar-refractivity contribution in [2.45, 2.75) is 13.0 Å². The van der Waals surface area contributed by atoms with Crippen LogP contribution in [0.2, 0.25) is 0 Å². The van der Waals surface area contributed by atoms with Gasteiger partial charge in [0.1, 0.15) is 6.07 Å². The number of fused-ring (bicyclic) bond motifs is 1. The molecule has 3 rings (SSSR count). The molecule has 0 amide bonds. The molecule has 1 saturated heterocycles. The summed E-state index contributed by atoms with van der Waals surface area (Å²) in [5.41, 5.74) is 2.34. The number of carboxylic acid groups (broad SMARTS) is 1. The number of hydrogen-bond acceptors (Lipinski definition) is 5. The number of nitriles is 1. The van der Waals surface area contributed by atoms with Gasteiger partial charge in [-0.05, 0) is 31.2 Å². The number of aliphatic carboxylic acids is 1. The number of aromatic nitrogens is 1. The van der Waals surface area contributed by atoms with Gasteiger partial charge in [0.15, 0.2) is 0 Å². The smallest absolute Gasteiger partial charge is 0.317 e. The predicted octanol–water partition coefficient (Wildman–Crippen LogP) is 1.70. The number of nitrogens with zero attached hydrogens (tertiary/aromatic N) is 4. The molecule has 0 aliphatic carbocycles. The third-order valence-electron chi connectivity index (χ3n) is 4.31. The quantitative estimate of drug-likeness (QED) is 0.929. The molecule has 6 heteroatoms. The van der Waals surface area contributed by atoms with Crippen LogP contribution in [0.3, 0.4) is 0 Å². The SMILES string of the molecule is C[C@H]1CN(c2ccc(C#N)c3ncccc23)CCN1CC(=O)O. The van der Waals surface area contributed by atoms with Crippen molar-refractivity contribution >= 4 is 22.6 Å². The fourth-order valence-corrected chi connectivity index (χ4v) is 3.15. The number of piperazine rings is 1. The van der Waals surface area contributed by atoms with Crippen LogP contribution in [0.25, 0.3) is 10.9 Å². The summed E-state index contributed by atoms with van der Waals surface area (Å²) < 4.78 is 0. The van der Waals surface area contributed by atoms with Crippen LogP contribution in [0.4, 0.5) is 5.69 Å². The van der Waals surface area contributed by atoms with Crippen molar-refractivity contribution in [3.05, 3.63) is 36.0 Å². The molecule has 1 aromatic carbocycles. The van der Waals surface area contributed by atoms with Gasteiger partial charge in [0.2, 0.25) is 0 Å². The van der Waals surface area contributed by atoms with E-state index < -0.39 is 5.97 Å². The van der Waals surface area contributed by atoms with Crippen LogP contribution in [0.15, 0.2) is 30.5 Å². The summed E-state index contributed by atoms with van der Waals surface area (Å²) >= 11 is 0. The van der Waals surface area contributed by atoms with Gasteiger partial charge < -0.3 is 10.0 Å². The molecule has 0 bridgehead atoms. The summed E-state index contributed by atoms with van der Waals surface area (Å²) in [6.07, 6.45) is 1.69. The Kier molecular flexibility index (Phi) is 4.13. The molecule has 118 valence electrons. The highest BCUT2D eigenvalue weighted by Crippen LogP contribution is 2.29. The topological polar surface area (TPSA) is 80.5 Å². The van der Waals surface area contributed by atoms with Crippen molar-refractivity contribution in [2.75, 3.05) is 31.1 Å². The normalized spacial score (nSPS) is 18.8. The van der Waals surface area contributed by atoms with Crippen LogP contribution in [0.5, 0.6) is 0 Å². The summed E-state index contributed by atoms with van der Waals surface area (Å²) in [4.78, 5) is 19.5. The highest BCUT2D eigenvalue weighted by molar-refractivity contribution is 5.95. The van der Waals surface area contributed by atoms with E-state index in [1.165, 1.54) is 0 Å². The van der Waals surface area contributed by atoms with Crippen molar-refractivity contribution < 1.29 is 9.90 Å². The largest absolute Gasteiger partial charge is 0.480 e. The minimum Gasteiger partial charge on any atom is -0.480 e. The Bertz CT molecular complexity index is 784. The van der Waals surface area contributed by atoms with E-state index in [-0.39, 0.29) is 12.6 Å². The van der Waals surface area contributed by atoms with Crippen molar-refractivity contribution in [2.24, 2.45) is 0 Å². The van der Waals surface area contributed by atoms with Gasteiger partial charge in [-0.15, -0.1) is 0 Å². The maximum absolute atomic E-state index is 10.9. The minimum atomic E-state index is -0.793.